The second-order valence-corrected chi connectivity index (χ2v) is 4.48. The Hall–Kier alpha value is -1.39. The summed E-state index contributed by atoms with van der Waals surface area (Å²) in [6, 6.07) is 8.06. The van der Waals surface area contributed by atoms with Crippen LogP contribution in [0, 0.1) is 0 Å². The normalized spacial score (nSPS) is 12.0. The summed E-state index contributed by atoms with van der Waals surface area (Å²) in [5, 5.41) is 7.00. The van der Waals surface area contributed by atoms with Crippen molar-refractivity contribution in [3.8, 4) is 0 Å². The van der Waals surface area contributed by atoms with Gasteiger partial charge in [0.05, 0.1) is 0 Å². The van der Waals surface area contributed by atoms with E-state index in [1.165, 1.54) is 5.56 Å². The zero-order chi connectivity index (χ0) is 16.8. The highest BCUT2D eigenvalue weighted by molar-refractivity contribution is 5.95. The van der Waals surface area contributed by atoms with E-state index in [1.807, 2.05) is 39.1 Å². The van der Waals surface area contributed by atoms with Crippen LogP contribution < -0.4 is 4.90 Å². The van der Waals surface area contributed by atoms with Crippen LogP contribution >= 0.6 is 0 Å². The van der Waals surface area contributed by atoms with Gasteiger partial charge < -0.3 is 14.9 Å². The number of fused-ring (bicyclic) bond motifs is 1. The van der Waals surface area contributed by atoms with Crippen LogP contribution in [0.2, 0.25) is 0 Å². The lowest BCUT2D eigenvalue weighted by molar-refractivity contribution is -0.118. The van der Waals surface area contributed by atoms with Crippen LogP contribution in [0.25, 0.3) is 0 Å². The van der Waals surface area contributed by atoms with E-state index in [0.717, 1.165) is 25.8 Å². The summed E-state index contributed by atoms with van der Waals surface area (Å²) in [6.07, 6.45) is 1.53. The molecule has 1 aliphatic heterocycles. The highest BCUT2D eigenvalue weighted by atomic mass is 16.2. The molecule has 0 aliphatic carbocycles. The highest BCUT2D eigenvalue weighted by Crippen LogP contribution is 2.25. The van der Waals surface area contributed by atoms with Gasteiger partial charge in [0.25, 0.3) is 0 Å². The largest absolute Gasteiger partial charge is 0.400 e. The molecule has 1 heterocycles. The Morgan fingerprint density at radius 2 is 1.62 bits per heavy atom. The maximum absolute atomic E-state index is 11.3. The highest BCUT2D eigenvalue weighted by Gasteiger charge is 2.19. The van der Waals surface area contributed by atoms with Crippen LogP contribution in [0.5, 0.6) is 0 Å². The molecule has 1 aromatic rings. The SMILES string of the molecule is CC.CCN(C)C.CN1C(=O)CCc2ccccc21.CO. The van der Waals surface area contributed by atoms with Crippen molar-refractivity contribution in [1.29, 1.82) is 0 Å². The summed E-state index contributed by atoms with van der Waals surface area (Å²) in [4.78, 5) is 15.1. The average Bonchev–Trinajstić information content (AvgIpc) is 2.55. The molecule has 1 aliphatic rings. The van der Waals surface area contributed by atoms with Gasteiger partial charge in [-0.05, 0) is 38.7 Å². The second-order valence-electron chi connectivity index (χ2n) is 4.48. The summed E-state index contributed by atoms with van der Waals surface area (Å²) in [5.41, 5.74) is 2.34. The predicted octanol–water partition coefficient (Wildman–Crippen LogP) is 2.80. The molecule has 0 saturated carbocycles. The predicted molar refractivity (Wildman–Crippen MR) is 91.9 cm³/mol. The van der Waals surface area contributed by atoms with E-state index < -0.39 is 0 Å². The number of para-hydroxylation sites is 1. The van der Waals surface area contributed by atoms with Gasteiger partial charge >= 0.3 is 0 Å². The van der Waals surface area contributed by atoms with E-state index in [2.05, 4.69) is 32.0 Å². The Morgan fingerprint density at radius 1 is 1.14 bits per heavy atom. The van der Waals surface area contributed by atoms with Crippen molar-refractivity contribution < 1.29 is 9.90 Å². The summed E-state index contributed by atoms with van der Waals surface area (Å²) < 4.78 is 0. The number of rotatable bonds is 1. The quantitative estimate of drug-likeness (QED) is 0.866. The molecule has 1 amide bonds. The number of hydrogen-bond donors (Lipinski definition) is 1. The summed E-state index contributed by atoms with van der Waals surface area (Å²) in [6.45, 7) is 7.26. The fourth-order valence-corrected chi connectivity index (χ4v) is 1.59. The van der Waals surface area contributed by atoms with Gasteiger partial charge in [-0.2, -0.15) is 0 Å². The molecule has 0 spiro atoms. The zero-order valence-electron chi connectivity index (χ0n) is 14.7. The summed E-state index contributed by atoms with van der Waals surface area (Å²) in [5.74, 6) is 0.216. The minimum absolute atomic E-state index is 0.216. The molecular formula is C17H32N2O2. The smallest absolute Gasteiger partial charge is 0.227 e. The molecule has 0 fully saturated rings. The Morgan fingerprint density at radius 3 is 2.10 bits per heavy atom. The second kappa shape index (κ2) is 13.6. The summed E-state index contributed by atoms with van der Waals surface area (Å²) >= 11 is 0. The molecule has 122 valence electrons. The Labute approximate surface area is 130 Å². The number of aryl methyl sites for hydroxylation is 1. The monoisotopic (exact) mass is 296 g/mol. The Kier molecular flexibility index (Phi) is 14.2. The van der Waals surface area contributed by atoms with E-state index in [4.69, 9.17) is 5.11 Å². The third kappa shape index (κ3) is 8.48. The first-order valence-electron chi connectivity index (χ1n) is 7.50. The molecule has 4 nitrogen and oxygen atoms in total. The van der Waals surface area contributed by atoms with Crippen molar-refractivity contribution in [2.24, 2.45) is 0 Å². The molecule has 4 heteroatoms. The van der Waals surface area contributed by atoms with E-state index >= 15 is 0 Å². The van der Waals surface area contributed by atoms with Gasteiger partial charge in [0.2, 0.25) is 5.91 Å². The van der Waals surface area contributed by atoms with Crippen molar-refractivity contribution in [2.75, 3.05) is 39.7 Å². The number of amides is 1. The maximum atomic E-state index is 11.3. The average molecular weight is 296 g/mol. The first kappa shape index (κ1) is 21.9. The molecule has 0 unspecified atom stereocenters. The topological polar surface area (TPSA) is 43.8 Å². The Bertz CT molecular complexity index is 379. The van der Waals surface area contributed by atoms with E-state index in [-0.39, 0.29) is 5.91 Å². The molecule has 21 heavy (non-hydrogen) atoms. The maximum Gasteiger partial charge on any atom is 0.227 e. The van der Waals surface area contributed by atoms with Gasteiger partial charge in [-0.25, -0.2) is 0 Å². The number of aliphatic hydroxyl groups excluding tert-OH is 1. The van der Waals surface area contributed by atoms with Crippen LogP contribution in [-0.2, 0) is 11.2 Å². The van der Waals surface area contributed by atoms with Crippen LogP contribution in [-0.4, -0.2) is 50.7 Å². The van der Waals surface area contributed by atoms with Crippen molar-refractivity contribution >= 4 is 11.6 Å². The van der Waals surface area contributed by atoms with Crippen LogP contribution in [0.1, 0.15) is 32.8 Å². The number of carbonyl (C=O) groups excluding carboxylic acids is 1. The number of aliphatic hydroxyl groups is 1. The molecule has 1 N–H and O–H groups in total. The third-order valence-electron chi connectivity index (χ3n) is 2.97. The molecule has 0 saturated heterocycles. The van der Waals surface area contributed by atoms with E-state index in [1.54, 1.807) is 4.90 Å². The molecule has 0 radical (unpaired) electrons. The molecule has 0 atom stereocenters. The first-order chi connectivity index (χ1) is 10.1. The first-order valence-corrected chi connectivity index (χ1v) is 7.50. The minimum atomic E-state index is 0.216. The summed E-state index contributed by atoms with van der Waals surface area (Å²) in [7, 11) is 6.94. The lowest BCUT2D eigenvalue weighted by Gasteiger charge is -2.25. The Balaban J connectivity index is 0. The zero-order valence-corrected chi connectivity index (χ0v) is 14.7. The number of hydrogen-bond acceptors (Lipinski definition) is 3. The van der Waals surface area contributed by atoms with Crippen LogP contribution in [0.4, 0.5) is 5.69 Å². The van der Waals surface area contributed by atoms with E-state index in [9.17, 15) is 4.79 Å². The molecule has 2 rings (SSSR count). The van der Waals surface area contributed by atoms with E-state index in [0.29, 0.717) is 6.42 Å². The van der Waals surface area contributed by atoms with Gasteiger partial charge in [0, 0.05) is 26.3 Å². The molecule has 0 aromatic heterocycles. The number of anilines is 1. The standard InChI is InChI=1S/C10H11NO.C4H11N.C2H6.CH4O/c1-11-9-5-3-2-4-8(9)6-7-10(11)12;1-4-5(2)3;2*1-2/h2-5H,6-7H2,1H3;4H2,1-3H3;1-2H3;2H,1H3. The van der Waals surface area contributed by atoms with Crippen molar-refractivity contribution in [2.45, 2.75) is 33.6 Å². The fourth-order valence-electron chi connectivity index (χ4n) is 1.59. The number of carbonyl (C=O) groups is 1. The fraction of sp³-hybridized carbons (Fsp3) is 0.588. The van der Waals surface area contributed by atoms with Crippen LogP contribution in [0.15, 0.2) is 24.3 Å². The van der Waals surface area contributed by atoms with Crippen molar-refractivity contribution in [1.82, 2.24) is 4.90 Å². The third-order valence-corrected chi connectivity index (χ3v) is 2.97. The number of benzene rings is 1. The van der Waals surface area contributed by atoms with Gasteiger partial charge in [-0.3, -0.25) is 4.79 Å². The van der Waals surface area contributed by atoms with Gasteiger partial charge in [-0.15, -0.1) is 0 Å². The van der Waals surface area contributed by atoms with Gasteiger partial charge in [0.1, 0.15) is 0 Å². The van der Waals surface area contributed by atoms with Crippen LogP contribution in [0.3, 0.4) is 0 Å². The van der Waals surface area contributed by atoms with Crippen molar-refractivity contribution in [3.63, 3.8) is 0 Å². The van der Waals surface area contributed by atoms with Gasteiger partial charge in [-0.1, -0.05) is 39.0 Å². The molecule has 0 bridgehead atoms. The number of nitrogens with zero attached hydrogens (tertiary/aromatic N) is 2. The lowest BCUT2D eigenvalue weighted by Crippen LogP contribution is -2.30. The molecule has 1 aromatic carbocycles. The molecular weight excluding hydrogens is 264 g/mol. The minimum Gasteiger partial charge on any atom is -0.400 e. The van der Waals surface area contributed by atoms with Crippen molar-refractivity contribution in [3.05, 3.63) is 29.8 Å². The van der Waals surface area contributed by atoms with Gasteiger partial charge in [0.15, 0.2) is 0 Å². The lowest BCUT2D eigenvalue weighted by atomic mass is 10.0.